The van der Waals surface area contributed by atoms with Crippen molar-refractivity contribution in [3.05, 3.63) is 35.5 Å². The fourth-order valence-corrected chi connectivity index (χ4v) is 3.98. The largest absolute Gasteiger partial charge is 0.417 e. The average molecular weight is 272 g/mol. The highest BCUT2D eigenvalue weighted by Crippen LogP contribution is 2.42. The Kier molecular flexibility index (Phi) is 2.75. The van der Waals surface area contributed by atoms with Gasteiger partial charge in [-0.2, -0.15) is 4.73 Å². The van der Waals surface area contributed by atoms with E-state index in [-0.39, 0.29) is 6.61 Å². The maximum Gasteiger partial charge on any atom is 0.104 e. The first kappa shape index (κ1) is 12.2. The number of aliphatic hydroxyl groups is 1. The van der Waals surface area contributed by atoms with Crippen molar-refractivity contribution in [1.29, 1.82) is 0 Å². The van der Waals surface area contributed by atoms with Crippen molar-refractivity contribution in [2.45, 2.75) is 24.8 Å². The van der Waals surface area contributed by atoms with Gasteiger partial charge in [-0.15, -0.1) is 0 Å². The van der Waals surface area contributed by atoms with Crippen LogP contribution >= 0.6 is 0 Å². The van der Waals surface area contributed by atoms with E-state index >= 15 is 0 Å². The molecule has 0 unspecified atom stereocenters. The van der Waals surface area contributed by atoms with Gasteiger partial charge in [0.05, 0.1) is 5.52 Å². The van der Waals surface area contributed by atoms with E-state index in [0.29, 0.717) is 17.9 Å². The molecule has 2 heterocycles. The minimum atomic E-state index is 0.276. The smallest absolute Gasteiger partial charge is 0.104 e. The van der Waals surface area contributed by atoms with Gasteiger partial charge in [0.25, 0.3) is 0 Å². The first-order valence-corrected chi connectivity index (χ1v) is 7.33. The Hall–Kier alpha value is -1.52. The number of benzene rings is 1. The zero-order chi connectivity index (χ0) is 13.7. The van der Waals surface area contributed by atoms with Gasteiger partial charge in [0.15, 0.2) is 0 Å². The molecule has 2 aromatic rings. The molecular formula is C16H20N2O2. The number of aliphatic hydroxyl groups excluding tert-OH is 1. The summed E-state index contributed by atoms with van der Waals surface area (Å²) in [7, 11) is 1.71. The second-order valence-corrected chi connectivity index (χ2v) is 6.01. The fraction of sp³-hybridized carbons (Fsp3) is 0.500. The van der Waals surface area contributed by atoms with E-state index in [2.05, 4.69) is 29.7 Å². The molecule has 4 heteroatoms. The summed E-state index contributed by atoms with van der Waals surface area (Å²) in [5, 5.41) is 14.4. The van der Waals surface area contributed by atoms with Crippen molar-refractivity contribution in [3.63, 3.8) is 0 Å². The lowest BCUT2D eigenvalue weighted by molar-refractivity contribution is 0.168. The number of hydrogen-bond donors (Lipinski definition) is 2. The van der Waals surface area contributed by atoms with Crippen LogP contribution in [0.2, 0.25) is 0 Å². The maximum atomic E-state index is 9.45. The maximum absolute atomic E-state index is 9.45. The molecule has 1 aromatic carbocycles. The molecule has 0 radical (unpaired) electrons. The highest BCUT2D eigenvalue weighted by atomic mass is 16.6. The summed E-state index contributed by atoms with van der Waals surface area (Å²) in [4.78, 5) is 5.44. The van der Waals surface area contributed by atoms with Crippen molar-refractivity contribution >= 4 is 10.9 Å². The Morgan fingerprint density at radius 3 is 3.15 bits per heavy atom. The Labute approximate surface area is 118 Å². The lowest BCUT2D eigenvalue weighted by Crippen LogP contribution is -2.47. The van der Waals surface area contributed by atoms with Crippen molar-refractivity contribution in [2.75, 3.05) is 20.3 Å². The monoisotopic (exact) mass is 272 g/mol. The predicted octanol–water partition coefficient (Wildman–Crippen LogP) is 1.31. The molecule has 0 amide bonds. The molecule has 1 aromatic heterocycles. The van der Waals surface area contributed by atoms with E-state index in [0.717, 1.165) is 24.9 Å². The lowest BCUT2D eigenvalue weighted by atomic mass is 9.73. The number of fused-ring (bicyclic) bond motifs is 2. The zero-order valence-corrected chi connectivity index (χ0v) is 11.7. The summed E-state index contributed by atoms with van der Waals surface area (Å²) in [5.74, 6) is 0.877. The van der Waals surface area contributed by atoms with Crippen LogP contribution in [-0.2, 0) is 6.42 Å². The van der Waals surface area contributed by atoms with Gasteiger partial charge in [0.2, 0.25) is 0 Å². The van der Waals surface area contributed by atoms with Crippen molar-refractivity contribution in [1.82, 2.24) is 10.0 Å². The van der Waals surface area contributed by atoms with Crippen LogP contribution in [0.25, 0.3) is 10.9 Å². The molecule has 1 fully saturated rings. The van der Waals surface area contributed by atoms with Crippen LogP contribution in [0.4, 0.5) is 0 Å². The summed E-state index contributed by atoms with van der Waals surface area (Å²) >= 11 is 0. The second-order valence-electron chi connectivity index (χ2n) is 6.01. The minimum Gasteiger partial charge on any atom is -0.417 e. The second kappa shape index (κ2) is 4.50. The van der Waals surface area contributed by atoms with Crippen LogP contribution in [0.1, 0.15) is 23.5 Å². The average Bonchev–Trinajstić information content (AvgIpc) is 2.86. The summed E-state index contributed by atoms with van der Waals surface area (Å²) in [6.07, 6.45) is 4.24. The molecule has 0 bridgehead atoms. The van der Waals surface area contributed by atoms with E-state index < -0.39 is 0 Å². The molecule has 2 aliphatic rings. The Morgan fingerprint density at radius 1 is 1.45 bits per heavy atom. The molecule has 0 spiro atoms. The Morgan fingerprint density at radius 2 is 2.35 bits per heavy atom. The summed E-state index contributed by atoms with van der Waals surface area (Å²) < 4.78 is 1.87. The van der Waals surface area contributed by atoms with E-state index in [4.69, 9.17) is 4.84 Å². The fourth-order valence-electron chi connectivity index (χ4n) is 3.98. The molecule has 4 nitrogen and oxygen atoms in total. The van der Waals surface area contributed by atoms with Gasteiger partial charge >= 0.3 is 0 Å². The first-order chi connectivity index (χ1) is 9.81. The van der Waals surface area contributed by atoms with Crippen molar-refractivity contribution in [2.24, 2.45) is 5.92 Å². The number of nitrogens with one attached hydrogen (secondary N) is 1. The van der Waals surface area contributed by atoms with Gasteiger partial charge in [-0.1, -0.05) is 12.1 Å². The number of aromatic nitrogens is 1. The minimum absolute atomic E-state index is 0.276. The third-order valence-corrected chi connectivity index (χ3v) is 4.94. The molecule has 1 saturated heterocycles. The number of piperidine rings is 1. The highest BCUT2D eigenvalue weighted by Gasteiger charge is 2.36. The van der Waals surface area contributed by atoms with Crippen LogP contribution in [0, 0.1) is 5.92 Å². The van der Waals surface area contributed by atoms with Crippen molar-refractivity contribution < 1.29 is 9.94 Å². The summed E-state index contributed by atoms with van der Waals surface area (Å²) in [6.45, 7) is 1.20. The van der Waals surface area contributed by atoms with Crippen molar-refractivity contribution in [3.8, 4) is 0 Å². The zero-order valence-electron chi connectivity index (χ0n) is 11.7. The van der Waals surface area contributed by atoms with Crippen LogP contribution < -0.4 is 10.2 Å². The molecule has 4 rings (SSSR count). The molecule has 1 aliphatic carbocycles. The molecular weight excluding hydrogens is 252 g/mol. The third-order valence-electron chi connectivity index (χ3n) is 4.94. The van der Waals surface area contributed by atoms with Crippen LogP contribution in [0.5, 0.6) is 0 Å². The summed E-state index contributed by atoms with van der Waals surface area (Å²) in [5.41, 5.74) is 3.94. The quantitative estimate of drug-likeness (QED) is 0.866. The predicted molar refractivity (Wildman–Crippen MR) is 77.9 cm³/mol. The Balaban J connectivity index is 1.86. The van der Waals surface area contributed by atoms with Gasteiger partial charge in [-0.05, 0) is 36.0 Å². The van der Waals surface area contributed by atoms with Gasteiger partial charge in [-0.25, -0.2) is 0 Å². The molecule has 1 aliphatic heterocycles. The first-order valence-electron chi connectivity index (χ1n) is 7.33. The summed E-state index contributed by atoms with van der Waals surface area (Å²) in [6, 6.07) is 6.96. The van der Waals surface area contributed by atoms with E-state index in [1.807, 2.05) is 4.73 Å². The number of hydrogen-bond acceptors (Lipinski definition) is 3. The Bertz CT molecular complexity index is 649. The SMILES string of the molecule is COn1cc2c3c(cccc31)[C@H]1C[C@@H](CO)CN[C@@H]1C2. The van der Waals surface area contributed by atoms with Gasteiger partial charge in [-0.3, -0.25) is 0 Å². The van der Waals surface area contributed by atoms with Crippen LogP contribution in [0.15, 0.2) is 24.4 Å². The van der Waals surface area contributed by atoms with E-state index in [1.54, 1.807) is 7.11 Å². The highest BCUT2D eigenvalue weighted by molar-refractivity contribution is 5.88. The van der Waals surface area contributed by atoms with E-state index in [1.165, 1.54) is 16.5 Å². The lowest BCUT2D eigenvalue weighted by Gasteiger charge is -2.39. The molecule has 20 heavy (non-hydrogen) atoms. The topological polar surface area (TPSA) is 46.4 Å². The third kappa shape index (κ3) is 1.61. The van der Waals surface area contributed by atoms with Gasteiger partial charge in [0.1, 0.15) is 7.11 Å². The number of rotatable bonds is 2. The molecule has 0 saturated carbocycles. The standard InChI is InChI=1S/C16H20N2O2/c1-20-18-8-11-6-14-13(5-10(9-19)7-17-14)12-3-2-4-15(18)16(11)12/h2-4,8,10,13-14,17,19H,5-7,9H2,1H3/t10-,13-,14-/m1/s1. The number of nitrogens with zero attached hydrogens (tertiary/aromatic N) is 1. The molecule has 3 atom stereocenters. The van der Waals surface area contributed by atoms with Crippen LogP contribution in [-0.4, -0.2) is 36.1 Å². The van der Waals surface area contributed by atoms with Gasteiger partial charge in [0, 0.05) is 36.7 Å². The van der Waals surface area contributed by atoms with Gasteiger partial charge < -0.3 is 15.3 Å². The van der Waals surface area contributed by atoms with E-state index in [9.17, 15) is 5.11 Å². The van der Waals surface area contributed by atoms with Crippen LogP contribution in [0.3, 0.4) is 0 Å². The molecule has 106 valence electrons. The molecule has 2 N–H and O–H groups in total. The normalized spacial score (nSPS) is 28.4.